The fourth-order valence-corrected chi connectivity index (χ4v) is 3.49. The fourth-order valence-electron chi connectivity index (χ4n) is 2.79. The third-order valence-corrected chi connectivity index (χ3v) is 4.76. The third kappa shape index (κ3) is 4.07. The standard InChI is InChI=1S/C16H21N5O2S/c1-11-4-3-7-21(9-11)13-8-12(5-6-17-13)15(22)18-16-20-19-14(24-16)10-23-2/h5-6,8,11H,3-4,7,9-10H2,1-2H3,(H,18,20,22)/t11-/m0/s1. The van der Waals surface area contributed by atoms with E-state index in [4.69, 9.17) is 4.74 Å². The number of carbonyl (C=O) groups excluding carboxylic acids is 1. The Morgan fingerprint density at radius 2 is 2.38 bits per heavy atom. The minimum atomic E-state index is -0.205. The van der Waals surface area contributed by atoms with E-state index in [1.54, 1.807) is 19.4 Å². The Bertz CT molecular complexity index is 705. The predicted molar refractivity (Wildman–Crippen MR) is 93.4 cm³/mol. The summed E-state index contributed by atoms with van der Waals surface area (Å²) in [4.78, 5) is 19.1. The van der Waals surface area contributed by atoms with Gasteiger partial charge in [-0.05, 0) is 30.9 Å². The molecule has 0 saturated carbocycles. The first kappa shape index (κ1) is 16.8. The number of nitrogens with one attached hydrogen (secondary N) is 1. The van der Waals surface area contributed by atoms with Gasteiger partial charge in [-0.1, -0.05) is 18.3 Å². The molecule has 1 atom stereocenters. The van der Waals surface area contributed by atoms with Gasteiger partial charge in [-0.15, -0.1) is 10.2 Å². The van der Waals surface area contributed by atoms with Crippen molar-refractivity contribution in [2.24, 2.45) is 5.92 Å². The molecule has 0 aromatic carbocycles. The normalized spacial score (nSPS) is 17.8. The molecule has 3 rings (SSSR count). The Balaban J connectivity index is 1.69. The van der Waals surface area contributed by atoms with Crippen LogP contribution in [0.1, 0.15) is 35.1 Å². The molecular weight excluding hydrogens is 326 g/mol. The highest BCUT2D eigenvalue weighted by Gasteiger charge is 2.19. The number of amides is 1. The molecule has 8 heteroatoms. The van der Waals surface area contributed by atoms with Crippen LogP contribution >= 0.6 is 11.3 Å². The molecule has 0 bridgehead atoms. The maximum atomic E-state index is 12.4. The van der Waals surface area contributed by atoms with Gasteiger partial charge in [0.15, 0.2) is 0 Å². The van der Waals surface area contributed by atoms with Crippen LogP contribution in [0.25, 0.3) is 0 Å². The zero-order chi connectivity index (χ0) is 16.9. The van der Waals surface area contributed by atoms with Crippen LogP contribution in [0.15, 0.2) is 18.3 Å². The second-order valence-electron chi connectivity index (χ2n) is 5.98. The highest BCUT2D eigenvalue weighted by atomic mass is 32.1. The van der Waals surface area contributed by atoms with Crippen molar-refractivity contribution in [3.8, 4) is 0 Å². The number of hydrogen-bond acceptors (Lipinski definition) is 7. The molecule has 0 aliphatic carbocycles. The quantitative estimate of drug-likeness (QED) is 0.895. The Kier molecular flexibility index (Phi) is 5.37. The van der Waals surface area contributed by atoms with Crippen molar-refractivity contribution in [1.29, 1.82) is 0 Å². The number of piperidine rings is 1. The molecule has 1 aliphatic rings. The van der Waals surface area contributed by atoms with E-state index in [-0.39, 0.29) is 5.91 Å². The summed E-state index contributed by atoms with van der Waals surface area (Å²) in [5.74, 6) is 1.30. The number of anilines is 2. The van der Waals surface area contributed by atoms with E-state index in [1.165, 1.54) is 17.8 Å². The van der Waals surface area contributed by atoms with Gasteiger partial charge in [-0.25, -0.2) is 4.98 Å². The third-order valence-electron chi connectivity index (χ3n) is 3.94. The number of rotatable bonds is 5. The minimum absolute atomic E-state index is 0.205. The van der Waals surface area contributed by atoms with Crippen LogP contribution in [-0.2, 0) is 11.3 Å². The number of carbonyl (C=O) groups is 1. The van der Waals surface area contributed by atoms with Crippen LogP contribution < -0.4 is 10.2 Å². The van der Waals surface area contributed by atoms with Gasteiger partial charge >= 0.3 is 0 Å². The molecule has 3 heterocycles. The summed E-state index contributed by atoms with van der Waals surface area (Å²) >= 11 is 1.31. The van der Waals surface area contributed by atoms with Crippen molar-refractivity contribution in [1.82, 2.24) is 15.2 Å². The molecule has 1 saturated heterocycles. The van der Waals surface area contributed by atoms with Gasteiger partial charge < -0.3 is 9.64 Å². The maximum Gasteiger partial charge on any atom is 0.257 e. The van der Waals surface area contributed by atoms with E-state index in [1.807, 2.05) is 6.07 Å². The second-order valence-corrected chi connectivity index (χ2v) is 7.05. The highest BCUT2D eigenvalue weighted by molar-refractivity contribution is 7.15. The molecule has 7 nitrogen and oxygen atoms in total. The van der Waals surface area contributed by atoms with Crippen LogP contribution in [0.5, 0.6) is 0 Å². The van der Waals surface area contributed by atoms with Crippen molar-refractivity contribution in [2.45, 2.75) is 26.4 Å². The molecule has 128 valence electrons. The molecule has 2 aromatic heterocycles. The van der Waals surface area contributed by atoms with E-state index in [0.717, 1.165) is 30.3 Å². The van der Waals surface area contributed by atoms with Crippen LogP contribution in [0.2, 0.25) is 0 Å². The van der Waals surface area contributed by atoms with E-state index < -0.39 is 0 Å². The summed E-state index contributed by atoms with van der Waals surface area (Å²) < 4.78 is 5.00. The largest absolute Gasteiger partial charge is 0.377 e. The number of pyridine rings is 1. The van der Waals surface area contributed by atoms with Crippen LogP contribution in [0.4, 0.5) is 10.9 Å². The van der Waals surface area contributed by atoms with Gasteiger partial charge in [-0.3, -0.25) is 10.1 Å². The lowest BCUT2D eigenvalue weighted by Crippen LogP contribution is -2.34. The Hall–Kier alpha value is -2.06. The minimum Gasteiger partial charge on any atom is -0.377 e. The first-order valence-corrected chi connectivity index (χ1v) is 8.81. The molecule has 1 N–H and O–H groups in total. The Labute approximate surface area is 145 Å². The summed E-state index contributed by atoms with van der Waals surface area (Å²) in [5.41, 5.74) is 0.571. The topological polar surface area (TPSA) is 80.2 Å². The molecule has 1 amide bonds. The van der Waals surface area contributed by atoms with Crippen molar-refractivity contribution in [2.75, 3.05) is 30.4 Å². The van der Waals surface area contributed by atoms with Gasteiger partial charge in [0.05, 0.1) is 0 Å². The number of methoxy groups -OCH3 is 1. The van der Waals surface area contributed by atoms with Gasteiger partial charge in [0, 0.05) is 32.0 Å². The number of hydrogen-bond donors (Lipinski definition) is 1. The monoisotopic (exact) mass is 347 g/mol. The molecule has 2 aromatic rings. The zero-order valence-electron chi connectivity index (χ0n) is 13.9. The Morgan fingerprint density at radius 3 is 3.17 bits per heavy atom. The lowest BCUT2D eigenvalue weighted by atomic mass is 10.0. The van der Waals surface area contributed by atoms with E-state index >= 15 is 0 Å². The second kappa shape index (κ2) is 7.67. The number of nitrogens with zero attached hydrogens (tertiary/aromatic N) is 4. The molecular formula is C16H21N5O2S. The van der Waals surface area contributed by atoms with Gasteiger partial charge in [0.2, 0.25) is 5.13 Å². The van der Waals surface area contributed by atoms with Crippen molar-refractivity contribution < 1.29 is 9.53 Å². The smallest absolute Gasteiger partial charge is 0.257 e. The van der Waals surface area contributed by atoms with Crippen molar-refractivity contribution >= 4 is 28.2 Å². The average molecular weight is 347 g/mol. The van der Waals surface area contributed by atoms with Gasteiger partial charge in [0.1, 0.15) is 17.4 Å². The summed E-state index contributed by atoms with van der Waals surface area (Å²) in [6.45, 7) is 4.60. The SMILES string of the molecule is COCc1nnc(NC(=O)c2ccnc(N3CCC[C@H](C)C3)c2)s1. The summed E-state index contributed by atoms with van der Waals surface area (Å²) in [6, 6.07) is 3.55. The summed E-state index contributed by atoms with van der Waals surface area (Å²) in [5, 5.41) is 11.9. The van der Waals surface area contributed by atoms with Crippen LogP contribution in [-0.4, -0.2) is 41.3 Å². The molecule has 1 aliphatic heterocycles. The van der Waals surface area contributed by atoms with E-state index in [2.05, 4.69) is 32.3 Å². The summed E-state index contributed by atoms with van der Waals surface area (Å²) in [6.07, 6.45) is 4.09. The lowest BCUT2D eigenvalue weighted by molar-refractivity contribution is 0.102. The van der Waals surface area contributed by atoms with E-state index in [0.29, 0.717) is 23.2 Å². The number of aromatic nitrogens is 3. The van der Waals surface area contributed by atoms with E-state index in [9.17, 15) is 4.79 Å². The molecule has 1 fully saturated rings. The number of ether oxygens (including phenoxy) is 1. The maximum absolute atomic E-state index is 12.4. The Morgan fingerprint density at radius 1 is 1.50 bits per heavy atom. The summed E-state index contributed by atoms with van der Waals surface area (Å²) in [7, 11) is 1.60. The average Bonchev–Trinajstić information content (AvgIpc) is 3.02. The van der Waals surface area contributed by atoms with Crippen LogP contribution in [0.3, 0.4) is 0 Å². The molecule has 0 radical (unpaired) electrons. The molecule has 24 heavy (non-hydrogen) atoms. The highest BCUT2D eigenvalue weighted by Crippen LogP contribution is 2.22. The van der Waals surface area contributed by atoms with Gasteiger partial charge in [-0.2, -0.15) is 0 Å². The molecule has 0 unspecified atom stereocenters. The zero-order valence-corrected chi connectivity index (χ0v) is 14.7. The van der Waals surface area contributed by atoms with Crippen molar-refractivity contribution in [3.63, 3.8) is 0 Å². The first-order valence-electron chi connectivity index (χ1n) is 7.99. The first-order chi connectivity index (χ1) is 11.7. The molecule has 0 spiro atoms. The fraction of sp³-hybridized carbons (Fsp3) is 0.500. The van der Waals surface area contributed by atoms with Gasteiger partial charge in [0.25, 0.3) is 5.91 Å². The van der Waals surface area contributed by atoms with Crippen LogP contribution in [0, 0.1) is 5.92 Å². The van der Waals surface area contributed by atoms with Crippen molar-refractivity contribution in [3.05, 3.63) is 28.9 Å². The lowest BCUT2D eigenvalue weighted by Gasteiger charge is -2.31. The predicted octanol–water partition coefficient (Wildman–Crippen LogP) is 2.57.